The van der Waals surface area contributed by atoms with Crippen molar-refractivity contribution in [3.8, 4) is 22.6 Å². The summed E-state index contributed by atoms with van der Waals surface area (Å²) in [5, 5.41) is 0. The Morgan fingerprint density at radius 1 is 0.976 bits per heavy atom. The third-order valence-electron chi connectivity index (χ3n) is 8.17. The molecule has 1 aliphatic carbocycles. The molecular weight excluding hydrogens is 523 g/mol. The Hall–Kier alpha value is -4.00. The lowest BCUT2D eigenvalue weighted by Crippen LogP contribution is -2.30. The highest BCUT2D eigenvalue weighted by molar-refractivity contribution is 5.77. The summed E-state index contributed by atoms with van der Waals surface area (Å²) in [5.41, 5.74) is 4.79. The van der Waals surface area contributed by atoms with E-state index in [2.05, 4.69) is 17.0 Å². The predicted octanol–water partition coefficient (Wildman–Crippen LogP) is 6.69. The van der Waals surface area contributed by atoms with Gasteiger partial charge in [0.1, 0.15) is 22.8 Å². The molecule has 1 aliphatic heterocycles. The third kappa shape index (κ3) is 6.34. The number of hydrogen-bond donors (Lipinski definition) is 0. The molecule has 3 aromatic carbocycles. The fraction of sp³-hybridized carbons (Fsp3) is 0.394. The van der Waals surface area contributed by atoms with Gasteiger partial charge in [0.05, 0.1) is 18.8 Å². The molecule has 8 heteroatoms. The quantitative estimate of drug-likeness (QED) is 0.226. The van der Waals surface area contributed by atoms with Crippen LogP contribution in [0.25, 0.3) is 22.2 Å². The summed E-state index contributed by atoms with van der Waals surface area (Å²) in [6.45, 7) is 7.03. The lowest BCUT2D eigenvalue weighted by molar-refractivity contribution is -0.191. The van der Waals surface area contributed by atoms with Crippen molar-refractivity contribution in [2.24, 2.45) is 11.8 Å². The second-order valence-electron chi connectivity index (χ2n) is 10.5. The molecule has 6 rings (SSSR count). The Bertz CT molecular complexity index is 1440. The number of rotatable bonds is 9. The number of nitrogens with zero attached hydrogens (tertiary/aromatic N) is 2. The van der Waals surface area contributed by atoms with E-state index in [0.29, 0.717) is 31.1 Å². The van der Waals surface area contributed by atoms with Crippen molar-refractivity contribution >= 4 is 17.3 Å². The Morgan fingerprint density at radius 2 is 1.66 bits per heavy atom. The number of benzene rings is 3. The Balaban J connectivity index is 0.00000108. The molecular formula is C33H35FN2O5. The van der Waals surface area contributed by atoms with Crippen molar-refractivity contribution in [2.45, 2.75) is 52.1 Å². The average molecular weight is 559 g/mol. The summed E-state index contributed by atoms with van der Waals surface area (Å²) in [6, 6.07) is 19.4. The van der Waals surface area contributed by atoms with Crippen molar-refractivity contribution in [3.63, 3.8) is 0 Å². The molecule has 0 N–H and O–H groups in total. The average Bonchev–Trinajstić information content (AvgIpc) is 3.67. The van der Waals surface area contributed by atoms with Crippen LogP contribution in [-0.2, 0) is 22.6 Å². The van der Waals surface area contributed by atoms with Crippen LogP contribution in [0, 0.1) is 17.7 Å². The Labute approximate surface area is 239 Å². The first kappa shape index (κ1) is 28.5. The second kappa shape index (κ2) is 13.1. The van der Waals surface area contributed by atoms with E-state index in [9.17, 15) is 4.39 Å². The maximum Gasteiger partial charge on any atom is 0.373 e. The molecule has 1 unspecified atom stereocenters. The number of halogens is 1. The first-order valence-electron chi connectivity index (χ1n) is 14.3. The molecule has 3 atom stereocenters. The summed E-state index contributed by atoms with van der Waals surface area (Å²) in [6.07, 6.45) is 4.79. The van der Waals surface area contributed by atoms with Crippen molar-refractivity contribution in [2.75, 3.05) is 19.8 Å². The molecule has 1 saturated heterocycles. The maximum absolute atomic E-state index is 13.6. The summed E-state index contributed by atoms with van der Waals surface area (Å²) < 4.78 is 31.9. The van der Waals surface area contributed by atoms with E-state index in [-0.39, 0.29) is 12.0 Å². The largest absolute Gasteiger partial charge is 0.493 e. The molecule has 4 aromatic rings. The minimum absolute atomic E-state index is 0.250. The Morgan fingerprint density at radius 3 is 2.32 bits per heavy atom. The Kier molecular flexibility index (Phi) is 9.12. The van der Waals surface area contributed by atoms with E-state index < -0.39 is 0 Å². The van der Waals surface area contributed by atoms with E-state index in [1.165, 1.54) is 37.0 Å². The highest BCUT2D eigenvalue weighted by atomic mass is 19.1. The van der Waals surface area contributed by atoms with Crippen LogP contribution in [0.5, 0.6) is 11.5 Å². The van der Waals surface area contributed by atoms with Gasteiger partial charge in [-0.3, -0.25) is 4.90 Å². The summed E-state index contributed by atoms with van der Waals surface area (Å²) >= 11 is 0. The first-order chi connectivity index (χ1) is 20.0. The summed E-state index contributed by atoms with van der Waals surface area (Å²) in [5.74, 6) is 3.47. The van der Waals surface area contributed by atoms with Crippen molar-refractivity contribution in [3.05, 3.63) is 77.9 Å². The van der Waals surface area contributed by atoms with Crippen LogP contribution in [0.15, 0.2) is 65.1 Å². The van der Waals surface area contributed by atoms with Crippen LogP contribution in [-0.4, -0.2) is 41.8 Å². The van der Waals surface area contributed by atoms with Gasteiger partial charge in [0.2, 0.25) is 0 Å². The van der Waals surface area contributed by atoms with Crippen molar-refractivity contribution in [1.82, 2.24) is 9.88 Å². The lowest BCUT2D eigenvalue weighted by atomic mass is 9.90. The predicted molar refractivity (Wildman–Crippen MR) is 152 cm³/mol. The van der Waals surface area contributed by atoms with Gasteiger partial charge in [0.15, 0.2) is 11.5 Å². The van der Waals surface area contributed by atoms with Crippen molar-refractivity contribution in [1.29, 1.82) is 0 Å². The monoisotopic (exact) mass is 558 g/mol. The number of ether oxygens (including phenoxy) is 2. The zero-order valence-electron chi connectivity index (χ0n) is 23.5. The zero-order chi connectivity index (χ0) is 28.8. The molecule has 41 heavy (non-hydrogen) atoms. The van der Waals surface area contributed by atoms with Gasteiger partial charge in [-0.05, 0) is 99.0 Å². The fourth-order valence-corrected chi connectivity index (χ4v) is 6.58. The number of fused-ring (bicyclic) bond motifs is 2. The van der Waals surface area contributed by atoms with Gasteiger partial charge >= 0.3 is 6.15 Å². The molecule has 2 heterocycles. The van der Waals surface area contributed by atoms with Gasteiger partial charge < -0.3 is 13.9 Å². The second-order valence-corrected chi connectivity index (χ2v) is 10.5. The molecule has 1 saturated carbocycles. The topological polar surface area (TPSA) is 81.9 Å². The molecule has 1 aromatic heterocycles. The number of oxazole rings is 1. The molecule has 0 bridgehead atoms. The molecule has 0 amide bonds. The number of aromatic nitrogens is 1. The van der Waals surface area contributed by atoms with E-state index in [0.717, 1.165) is 59.1 Å². The van der Waals surface area contributed by atoms with Crippen LogP contribution in [0.1, 0.15) is 44.6 Å². The van der Waals surface area contributed by atoms with E-state index in [1.807, 2.05) is 38.1 Å². The normalized spacial score (nSPS) is 19.8. The zero-order valence-corrected chi connectivity index (χ0v) is 23.5. The van der Waals surface area contributed by atoms with Gasteiger partial charge in [-0.25, -0.2) is 9.37 Å². The van der Waals surface area contributed by atoms with Crippen molar-refractivity contribution < 1.29 is 27.9 Å². The number of likely N-dealkylation sites (tertiary alicyclic amines) is 1. The van der Waals surface area contributed by atoms with Crippen LogP contribution < -0.4 is 9.47 Å². The smallest absolute Gasteiger partial charge is 0.373 e. The number of para-hydroxylation sites is 2. The van der Waals surface area contributed by atoms with Crippen LogP contribution in [0.3, 0.4) is 0 Å². The van der Waals surface area contributed by atoms with E-state index >= 15 is 0 Å². The SMILES string of the molecule is CCOc1cc(CN2CC[C@H]3C(Cc4nc5ccccc5o4)CC[C@H]32)cc(OCC)c1-c1ccc(F)cc1.O=C=O. The standard InChI is InChI=1S/C32H35FN2O3.CO2/c1-3-36-29-17-21(18-30(37-4-2)32(29)22-9-12-24(33)13-10-22)20-35-16-15-25-23(11-14-27(25)35)19-31-34-26-7-5-6-8-28(26)38-31;2-1-3/h5-10,12-13,17-18,23,25,27H,3-4,11,14-16,19-20H2,1-2H3;/t23?,25-,27+;/m0./s1. The highest BCUT2D eigenvalue weighted by Crippen LogP contribution is 2.45. The summed E-state index contributed by atoms with van der Waals surface area (Å²) in [7, 11) is 0. The number of hydrogen-bond acceptors (Lipinski definition) is 7. The highest BCUT2D eigenvalue weighted by Gasteiger charge is 2.43. The lowest BCUT2D eigenvalue weighted by Gasteiger charge is -2.25. The minimum Gasteiger partial charge on any atom is -0.493 e. The van der Waals surface area contributed by atoms with Gasteiger partial charge in [-0.1, -0.05) is 24.3 Å². The van der Waals surface area contributed by atoms with Gasteiger partial charge in [-0.2, -0.15) is 9.59 Å². The molecule has 2 aliphatic rings. The van der Waals surface area contributed by atoms with Crippen LogP contribution >= 0.6 is 0 Å². The third-order valence-corrected chi connectivity index (χ3v) is 8.17. The van der Waals surface area contributed by atoms with Crippen LogP contribution in [0.2, 0.25) is 0 Å². The van der Waals surface area contributed by atoms with Crippen LogP contribution in [0.4, 0.5) is 4.39 Å². The number of carbonyl (C=O) groups excluding carboxylic acids is 2. The van der Waals surface area contributed by atoms with Gasteiger partial charge in [0.25, 0.3) is 0 Å². The van der Waals surface area contributed by atoms with Gasteiger partial charge in [0, 0.05) is 19.0 Å². The molecule has 0 radical (unpaired) electrons. The molecule has 7 nitrogen and oxygen atoms in total. The summed E-state index contributed by atoms with van der Waals surface area (Å²) in [4.78, 5) is 23.6. The fourth-order valence-electron chi connectivity index (χ4n) is 6.58. The van der Waals surface area contributed by atoms with Gasteiger partial charge in [-0.15, -0.1) is 0 Å². The van der Waals surface area contributed by atoms with E-state index in [4.69, 9.17) is 28.5 Å². The minimum atomic E-state index is -0.254. The van der Waals surface area contributed by atoms with E-state index in [1.54, 1.807) is 12.1 Å². The molecule has 0 spiro atoms. The maximum atomic E-state index is 13.6. The first-order valence-corrected chi connectivity index (χ1v) is 14.3. The molecule has 2 fully saturated rings. The molecule has 214 valence electrons.